The van der Waals surface area contributed by atoms with Crippen molar-refractivity contribution in [1.82, 2.24) is 5.32 Å². The molecule has 0 aromatic heterocycles. The molecule has 0 amide bonds. The molecule has 98 valence electrons. The van der Waals surface area contributed by atoms with Crippen LogP contribution in [0.5, 0.6) is 0 Å². The molecule has 1 heteroatoms. The van der Waals surface area contributed by atoms with Crippen molar-refractivity contribution >= 4 is 0 Å². The Labute approximate surface area is 111 Å². The van der Waals surface area contributed by atoms with Gasteiger partial charge in [-0.25, -0.2) is 0 Å². The highest BCUT2D eigenvalue weighted by molar-refractivity contribution is 5.31. The van der Waals surface area contributed by atoms with Crippen molar-refractivity contribution in [2.24, 2.45) is 5.92 Å². The molecule has 0 saturated heterocycles. The lowest BCUT2D eigenvalue weighted by atomic mass is 9.99. The lowest BCUT2D eigenvalue weighted by Gasteiger charge is -2.19. The first-order chi connectivity index (χ1) is 8.88. The van der Waals surface area contributed by atoms with E-state index in [0.29, 0.717) is 6.04 Å². The van der Waals surface area contributed by atoms with E-state index >= 15 is 0 Å². The van der Waals surface area contributed by atoms with Crippen molar-refractivity contribution in [2.45, 2.75) is 64.0 Å². The molecule has 1 nitrogen and oxygen atoms in total. The van der Waals surface area contributed by atoms with Gasteiger partial charge in [-0.15, -0.1) is 0 Å². The molecule has 0 aliphatic heterocycles. The monoisotopic (exact) mass is 243 g/mol. The van der Waals surface area contributed by atoms with Crippen LogP contribution in [0.15, 0.2) is 24.3 Å². The molecule has 1 N–H and O–H groups in total. The molecule has 0 bridgehead atoms. The largest absolute Gasteiger partial charge is 0.307 e. The zero-order valence-electron chi connectivity index (χ0n) is 11.5. The Balaban J connectivity index is 1.69. The molecule has 3 unspecified atom stereocenters. The third-order valence-electron chi connectivity index (χ3n) is 4.62. The van der Waals surface area contributed by atoms with Gasteiger partial charge in [-0.2, -0.15) is 0 Å². The number of hydrogen-bond acceptors (Lipinski definition) is 1. The summed E-state index contributed by atoms with van der Waals surface area (Å²) in [5.41, 5.74) is 3.16. The van der Waals surface area contributed by atoms with Gasteiger partial charge < -0.3 is 5.32 Å². The Bertz CT molecular complexity index is 398. The zero-order chi connectivity index (χ0) is 12.4. The second-order valence-corrected chi connectivity index (χ2v) is 6.05. The van der Waals surface area contributed by atoms with Gasteiger partial charge in [-0.1, -0.05) is 44.0 Å². The van der Waals surface area contributed by atoms with Crippen molar-refractivity contribution in [3.63, 3.8) is 0 Å². The quantitative estimate of drug-likeness (QED) is 0.780. The summed E-state index contributed by atoms with van der Waals surface area (Å²) in [5, 5.41) is 3.92. The molecule has 3 rings (SSSR count). The number of hydrogen-bond donors (Lipinski definition) is 1. The summed E-state index contributed by atoms with van der Waals surface area (Å²) >= 11 is 0. The molecular weight excluding hydrogens is 218 g/mol. The Morgan fingerprint density at radius 3 is 3.00 bits per heavy atom. The van der Waals surface area contributed by atoms with Gasteiger partial charge in [0.1, 0.15) is 0 Å². The van der Waals surface area contributed by atoms with Crippen molar-refractivity contribution in [3.05, 3.63) is 35.4 Å². The maximum absolute atomic E-state index is 3.92. The summed E-state index contributed by atoms with van der Waals surface area (Å²) in [7, 11) is 0. The van der Waals surface area contributed by atoms with Crippen molar-refractivity contribution in [2.75, 3.05) is 0 Å². The molecule has 3 atom stereocenters. The molecule has 2 aliphatic rings. The molecule has 2 aliphatic carbocycles. The van der Waals surface area contributed by atoms with Crippen LogP contribution in [0.4, 0.5) is 0 Å². The van der Waals surface area contributed by atoms with Crippen LogP contribution < -0.4 is 5.32 Å². The number of rotatable bonds is 4. The summed E-state index contributed by atoms with van der Waals surface area (Å²) in [5.74, 6) is 0.963. The second kappa shape index (κ2) is 5.44. The standard InChI is InChI=1S/C17H25N/c1-2-7-14-12-17(14)18-16-11-6-4-9-13-8-3-5-10-15(13)16/h3,5,8,10,14,16-18H,2,4,6-7,9,11-12H2,1H3. The van der Waals surface area contributed by atoms with Crippen molar-refractivity contribution in [3.8, 4) is 0 Å². The van der Waals surface area contributed by atoms with Crippen LogP contribution in [0.25, 0.3) is 0 Å². The molecule has 0 radical (unpaired) electrons. The Morgan fingerprint density at radius 2 is 2.11 bits per heavy atom. The Morgan fingerprint density at radius 1 is 1.22 bits per heavy atom. The van der Waals surface area contributed by atoms with Crippen molar-refractivity contribution < 1.29 is 0 Å². The molecule has 1 fully saturated rings. The van der Waals surface area contributed by atoms with Gasteiger partial charge in [0.05, 0.1) is 0 Å². The van der Waals surface area contributed by atoms with Crippen LogP contribution in [-0.4, -0.2) is 6.04 Å². The van der Waals surface area contributed by atoms with Crippen LogP contribution in [0.1, 0.15) is 62.6 Å². The maximum atomic E-state index is 3.92. The van der Waals surface area contributed by atoms with Gasteiger partial charge in [0.2, 0.25) is 0 Å². The van der Waals surface area contributed by atoms with E-state index in [-0.39, 0.29) is 0 Å². The summed E-state index contributed by atoms with van der Waals surface area (Å²) in [6, 6.07) is 10.5. The SMILES string of the molecule is CCCC1CC1NC1CCCCc2ccccc21. The fourth-order valence-electron chi connectivity index (χ4n) is 3.49. The third-order valence-corrected chi connectivity index (χ3v) is 4.62. The van der Waals surface area contributed by atoms with E-state index in [1.807, 2.05) is 0 Å². The molecule has 1 aromatic rings. The second-order valence-electron chi connectivity index (χ2n) is 6.05. The van der Waals surface area contributed by atoms with Crippen molar-refractivity contribution in [1.29, 1.82) is 0 Å². The first-order valence-corrected chi connectivity index (χ1v) is 7.72. The van der Waals surface area contributed by atoms with Crippen LogP contribution in [0.3, 0.4) is 0 Å². The minimum absolute atomic E-state index is 0.621. The van der Waals surface area contributed by atoms with Gasteiger partial charge in [0, 0.05) is 12.1 Å². The highest BCUT2D eigenvalue weighted by Crippen LogP contribution is 2.38. The molecule has 0 spiro atoms. The average molecular weight is 243 g/mol. The highest BCUT2D eigenvalue weighted by Gasteiger charge is 2.37. The summed E-state index contributed by atoms with van der Waals surface area (Å²) in [6.07, 6.45) is 9.49. The topological polar surface area (TPSA) is 12.0 Å². The smallest absolute Gasteiger partial charge is 0.0325 e. The fourth-order valence-corrected chi connectivity index (χ4v) is 3.49. The fraction of sp³-hybridized carbons (Fsp3) is 0.647. The number of aryl methyl sites for hydroxylation is 1. The summed E-state index contributed by atoms with van der Waals surface area (Å²) in [4.78, 5) is 0. The van der Waals surface area contributed by atoms with Gasteiger partial charge >= 0.3 is 0 Å². The lowest BCUT2D eigenvalue weighted by Crippen LogP contribution is -2.25. The van der Waals surface area contributed by atoms with E-state index in [4.69, 9.17) is 0 Å². The number of benzene rings is 1. The van der Waals surface area contributed by atoms with E-state index in [2.05, 4.69) is 36.5 Å². The minimum atomic E-state index is 0.621. The lowest BCUT2D eigenvalue weighted by molar-refractivity contribution is 0.467. The zero-order valence-corrected chi connectivity index (χ0v) is 11.5. The van der Waals surface area contributed by atoms with Crippen LogP contribution >= 0.6 is 0 Å². The predicted octanol–water partition coefficient (Wildman–Crippen LogP) is 4.23. The van der Waals surface area contributed by atoms with Gasteiger partial charge in [0.15, 0.2) is 0 Å². The first kappa shape index (κ1) is 12.2. The molecule has 18 heavy (non-hydrogen) atoms. The summed E-state index contributed by atoms with van der Waals surface area (Å²) in [6.45, 7) is 2.30. The highest BCUT2D eigenvalue weighted by atomic mass is 15.0. The third kappa shape index (κ3) is 2.61. The molecular formula is C17H25N. The van der Waals surface area contributed by atoms with E-state index < -0.39 is 0 Å². The normalized spacial score (nSPS) is 30.6. The molecule has 1 saturated carbocycles. The van der Waals surface area contributed by atoms with E-state index in [1.54, 1.807) is 11.1 Å². The van der Waals surface area contributed by atoms with E-state index in [0.717, 1.165) is 12.0 Å². The summed E-state index contributed by atoms with van der Waals surface area (Å²) < 4.78 is 0. The van der Waals surface area contributed by atoms with Crippen LogP contribution in [0.2, 0.25) is 0 Å². The van der Waals surface area contributed by atoms with Gasteiger partial charge in [-0.05, 0) is 49.1 Å². The van der Waals surface area contributed by atoms with E-state index in [9.17, 15) is 0 Å². The predicted molar refractivity (Wildman–Crippen MR) is 76.7 cm³/mol. The molecule has 1 aromatic carbocycles. The van der Waals surface area contributed by atoms with Crippen LogP contribution in [-0.2, 0) is 6.42 Å². The average Bonchev–Trinajstić information content (AvgIpc) is 3.15. The minimum Gasteiger partial charge on any atom is -0.307 e. The van der Waals surface area contributed by atoms with Gasteiger partial charge in [0.25, 0.3) is 0 Å². The van der Waals surface area contributed by atoms with Crippen LogP contribution in [0, 0.1) is 5.92 Å². The Kier molecular flexibility index (Phi) is 3.69. The first-order valence-electron chi connectivity index (χ1n) is 7.72. The number of fused-ring (bicyclic) bond motifs is 1. The van der Waals surface area contributed by atoms with Gasteiger partial charge in [-0.3, -0.25) is 0 Å². The maximum Gasteiger partial charge on any atom is 0.0325 e. The Hall–Kier alpha value is -0.820. The molecule has 0 heterocycles. The number of nitrogens with one attached hydrogen (secondary N) is 1. The van der Waals surface area contributed by atoms with E-state index in [1.165, 1.54) is 44.9 Å².